The van der Waals surface area contributed by atoms with E-state index in [9.17, 15) is 8.42 Å². The molecule has 0 radical (unpaired) electrons. The number of rotatable bonds is 7. The molecule has 5 heteroatoms. The monoisotopic (exact) mass is 290 g/mol. The molecule has 0 aromatic rings. The summed E-state index contributed by atoms with van der Waals surface area (Å²) in [4.78, 5) is 0. The lowest BCUT2D eigenvalue weighted by atomic mass is 10.0. The van der Waals surface area contributed by atoms with E-state index >= 15 is 0 Å². The summed E-state index contributed by atoms with van der Waals surface area (Å²) in [7, 11) is -3.08. The van der Waals surface area contributed by atoms with Crippen molar-refractivity contribution in [2.24, 2.45) is 5.92 Å². The van der Waals surface area contributed by atoms with E-state index in [4.69, 9.17) is 0 Å². The Morgan fingerprint density at radius 3 is 2.47 bits per heavy atom. The summed E-state index contributed by atoms with van der Waals surface area (Å²) in [6, 6.07) is 0.551. The fourth-order valence-electron chi connectivity index (χ4n) is 2.42. The zero-order chi connectivity index (χ0) is 14.5. The second kappa shape index (κ2) is 7.60. The smallest absolute Gasteiger partial charge is 0.214 e. The van der Waals surface area contributed by atoms with Crippen LogP contribution in [0.25, 0.3) is 0 Å². The topological polar surface area (TPSA) is 49.4 Å². The molecule has 1 N–H and O–H groups in total. The summed E-state index contributed by atoms with van der Waals surface area (Å²) in [5.41, 5.74) is 0. The Labute approximate surface area is 119 Å². The van der Waals surface area contributed by atoms with Crippen molar-refractivity contribution in [1.29, 1.82) is 0 Å². The van der Waals surface area contributed by atoms with Crippen LogP contribution in [0.4, 0.5) is 0 Å². The Kier molecular flexibility index (Phi) is 6.77. The lowest BCUT2D eigenvalue weighted by molar-refractivity contribution is 0.241. The molecule has 0 spiro atoms. The molecule has 1 rings (SSSR count). The number of sulfonamides is 1. The molecule has 1 saturated heterocycles. The first-order valence-electron chi connectivity index (χ1n) is 7.56. The number of hydrogen-bond acceptors (Lipinski definition) is 3. The lowest BCUT2D eigenvalue weighted by Gasteiger charge is -2.35. The van der Waals surface area contributed by atoms with E-state index < -0.39 is 10.0 Å². The molecule has 0 amide bonds. The van der Waals surface area contributed by atoms with Crippen molar-refractivity contribution in [3.05, 3.63) is 0 Å². The molecule has 1 atom stereocenters. The van der Waals surface area contributed by atoms with Gasteiger partial charge in [0.15, 0.2) is 0 Å². The summed E-state index contributed by atoms with van der Waals surface area (Å²) >= 11 is 0. The number of nitrogens with zero attached hydrogens (tertiary/aromatic N) is 1. The molecule has 1 aliphatic heterocycles. The third-order valence-electron chi connectivity index (χ3n) is 3.65. The van der Waals surface area contributed by atoms with E-state index in [2.05, 4.69) is 33.0 Å². The lowest BCUT2D eigenvalue weighted by Crippen LogP contribution is -2.50. The molecular weight excluding hydrogens is 260 g/mol. The van der Waals surface area contributed by atoms with Crippen LogP contribution in [0.3, 0.4) is 0 Å². The fourth-order valence-corrected chi connectivity index (χ4v) is 4.46. The van der Waals surface area contributed by atoms with Gasteiger partial charge in [0.05, 0.1) is 5.75 Å². The van der Waals surface area contributed by atoms with Gasteiger partial charge < -0.3 is 5.32 Å². The standard InChI is InChI=1S/C14H30N2O2S/c1-12(2)8-10-19(17,18)16-9-6-5-7-14(16)11-15-13(3)4/h12-15H,5-11H2,1-4H3. The van der Waals surface area contributed by atoms with Crippen LogP contribution in [-0.4, -0.2) is 43.6 Å². The van der Waals surface area contributed by atoms with Gasteiger partial charge in [0.1, 0.15) is 0 Å². The number of nitrogens with one attached hydrogen (secondary N) is 1. The minimum Gasteiger partial charge on any atom is -0.313 e. The van der Waals surface area contributed by atoms with Crippen molar-refractivity contribution >= 4 is 10.0 Å². The molecule has 0 aliphatic carbocycles. The van der Waals surface area contributed by atoms with Crippen LogP contribution >= 0.6 is 0 Å². The van der Waals surface area contributed by atoms with Gasteiger partial charge in [0.25, 0.3) is 0 Å². The Hall–Kier alpha value is -0.130. The molecule has 1 heterocycles. The Morgan fingerprint density at radius 1 is 1.21 bits per heavy atom. The Balaban J connectivity index is 2.64. The highest BCUT2D eigenvalue weighted by atomic mass is 32.2. The predicted octanol–water partition coefficient (Wildman–Crippen LogP) is 2.21. The molecular formula is C14H30N2O2S. The summed E-state index contributed by atoms with van der Waals surface area (Å²) in [6.45, 7) is 9.82. The first-order chi connectivity index (χ1) is 8.83. The van der Waals surface area contributed by atoms with E-state index in [0.29, 0.717) is 24.3 Å². The van der Waals surface area contributed by atoms with Crippen LogP contribution in [0.1, 0.15) is 53.4 Å². The van der Waals surface area contributed by atoms with Crippen LogP contribution in [-0.2, 0) is 10.0 Å². The normalized spacial score (nSPS) is 22.3. The van der Waals surface area contributed by atoms with Gasteiger partial charge >= 0.3 is 0 Å². The van der Waals surface area contributed by atoms with Crippen LogP contribution in [0.5, 0.6) is 0 Å². The van der Waals surface area contributed by atoms with Crippen LogP contribution in [0, 0.1) is 5.92 Å². The minimum absolute atomic E-state index is 0.147. The van der Waals surface area contributed by atoms with Crippen molar-refractivity contribution in [2.75, 3.05) is 18.8 Å². The predicted molar refractivity (Wildman–Crippen MR) is 80.7 cm³/mol. The average molecular weight is 290 g/mol. The number of hydrogen-bond donors (Lipinski definition) is 1. The van der Waals surface area contributed by atoms with Crippen molar-refractivity contribution in [3.8, 4) is 0 Å². The van der Waals surface area contributed by atoms with Crippen molar-refractivity contribution in [3.63, 3.8) is 0 Å². The van der Waals surface area contributed by atoms with Gasteiger partial charge in [-0.3, -0.25) is 0 Å². The minimum atomic E-state index is -3.08. The van der Waals surface area contributed by atoms with Gasteiger partial charge in [-0.1, -0.05) is 34.1 Å². The van der Waals surface area contributed by atoms with Crippen LogP contribution in [0.2, 0.25) is 0 Å². The van der Waals surface area contributed by atoms with Gasteiger partial charge in [-0.2, -0.15) is 4.31 Å². The van der Waals surface area contributed by atoms with Gasteiger partial charge in [0, 0.05) is 25.2 Å². The van der Waals surface area contributed by atoms with Gasteiger partial charge in [-0.15, -0.1) is 0 Å². The van der Waals surface area contributed by atoms with E-state index in [1.165, 1.54) is 0 Å². The van der Waals surface area contributed by atoms with Crippen molar-refractivity contribution in [1.82, 2.24) is 9.62 Å². The average Bonchev–Trinajstić information content (AvgIpc) is 2.34. The molecule has 114 valence electrons. The summed E-state index contributed by atoms with van der Waals surface area (Å²) < 4.78 is 26.6. The number of piperidine rings is 1. The second-order valence-electron chi connectivity index (χ2n) is 6.32. The quantitative estimate of drug-likeness (QED) is 0.782. The largest absolute Gasteiger partial charge is 0.313 e. The molecule has 1 unspecified atom stereocenters. The molecule has 0 aromatic carbocycles. The van der Waals surface area contributed by atoms with E-state index in [1.54, 1.807) is 4.31 Å². The van der Waals surface area contributed by atoms with E-state index in [1.807, 2.05) is 0 Å². The van der Waals surface area contributed by atoms with Gasteiger partial charge in [-0.25, -0.2) is 8.42 Å². The van der Waals surface area contributed by atoms with E-state index in [-0.39, 0.29) is 6.04 Å². The fraction of sp³-hybridized carbons (Fsp3) is 1.00. The highest BCUT2D eigenvalue weighted by Gasteiger charge is 2.31. The van der Waals surface area contributed by atoms with Crippen molar-refractivity contribution in [2.45, 2.75) is 65.5 Å². The van der Waals surface area contributed by atoms with Gasteiger partial charge in [-0.05, 0) is 25.2 Å². The third-order valence-corrected chi connectivity index (χ3v) is 5.59. The summed E-state index contributed by atoms with van der Waals surface area (Å²) in [5, 5.41) is 3.38. The second-order valence-corrected chi connectivity index (χ2v) is 8.36. The molecule has 1 aliphatic rings. The van der Waals surface area contributed by atoms with Crippen molar-refractivity contribution < 1.29 is 8.42 Å². The molecule has 19 heavy (non-hydrogen) atoms. The zero-order valence-electron chi connectivity index (χ0n) is 12.9. The maximum absolute atomic E-state index is 12.4. The zero-order valence-corrected chi connectivity index (χ0v) is 13.7. The summed E-state index contributed by atoms with van der Waals surface area (Å²) in [5.74, 6) is 0.731. The van der Waals surface area contributed by atoms with Gasteiger partial charge in [0.2, 0.25) is 10.0 Å². The first kappa shape index (κ1) is 16.9. The van der Waals surface area contributed by atoms with Crippen LogP contribution < -0.4 is 5.32 Å². The SMILES string of the molecule is CC(C)CCS(=O)(=O)N1CCCCC1CNC(C)C. The third kappa shape index (κ3) is 5.79. The Bertz CT molecular complexity index is 352. The summed E-state index contributed by atoms with van der Waals surface area (Å²) in [6.07, 6.45) is 3.88. The first-order valence-corrected chi connectivity index (χ1v) is 9.16. The molecule has 1 fully saturated rings. The Morgan fingerprint density at radius 2 is 1.89 bits per heavy atom. The van der Waals surface area contributed by atoms with Crippen LogP contribution in [0.15, 0.2) is 0 Å². The highest BCUT2D eigenvalue weighted by molar-refractivity contribution is 7.89. The van der Waals surface area contributed by atoms with E-state index in [0.717, 1.165) is 32.2 Å². The molecule has 0 bridgehead atoms. The molecule has 0 saturated carbocycles. The highest BCUT2D eigenvalue weighted by Crippen LogP contribution is 2.21. The maximum Gasteiger partial charge on any atom is 0.214 e. The molecule has 0 aromatic heterocycles. The molecule has 4 nitrogen and oxygen atoms in total. The maximum atomic E-state index is 12.4.